The molecule has 0 bridgehead atoms. The molecule has 2 aromatic rings. The van der Waals surface area contributed by atoms with E-state index in [1.165, 1.54) is 5.56 Å². The van der Waals surface area contributed by atoms with Gasteiger partial charge in [0, 0.05) is 37.1 Å². The smallest absolute Gasteiger partial charge is 0.256 e. The van der Waals surface area contributed by atoms with Crippen LogP contribution in [0.25, 0.3) is 0 Å². The van der Waals surface area contributed by atoms with Crippen LogP contribution in [0.1, 0.15) is 42.6 Å². The number of benzene rings is 1. The van der Waals surface area contributed by atoms with Gasteiger partial charge < -0.3 is 10.2 Å². The first-order valence-corrected chi connectivity index (χ1v) is 9.11. The summed E-state index contributed by atoms with van der Waals surface area (Å²) in [6, 6.07) is 7.77. The Kier molecular flexibility index (Phi) is 7.67. The molecule has 1 amide bonds. The molecule has 6 heteroatoms. The largest absolute Gasteiger partial charge is 0.354 e. The predicted octanol–water partition coefficient (Wildman–Crippen LogP) is 4.05. The van der Waals surface area contributed by atoms with E-state index in [4.69, 9.17) is 11.6 Å². The molecule has 1 aromatic heterocycles. The quantitative estimate of drug-likeness (QED) is 0.733. The van der Waals surface area contributed by atoms with E-state index in [9.17, 15) is 4.79 Å². The lowest BCUT2D eigenvalue weighted by atomic mass is 10.1. The number of carbonyl (C=O) groups excluding carboxylic acids is 1. The van der Waals surface area contributed by atoms with Crippen LogP contribution in [0.2, 0.25) is 5.02 Å². The lowest BCUT2D eigenvalue weighted by molar-refractivity contribution is 0.0754. The third-order valence-electron chi connectivity index (χ3n) is 3.78. The van der Waals surface area contributed by atoms with Gasteiger partial charge in [-0.2, -0.15) is 0 Å². The number of hydrogen-bond acceptors (Lipinski definition) is 4. The maximum atomic E-state index is 12.5. The Labute approximate surface area is 154 Å². The Morgan fingerprint density at radius 1 is 1.08 bits per heavy atom. The first kappa shape index (κ1) is 19.2. The van der Waals surface area contributed by atoms with E-state index < -0.39 is 0 Å². The van der Waals surface area contributed by atoms with Crippen LogP contribution in [0.5, 0.6) is 0 Å². The molecular weight excluding hydrogens is 336 g/mol. The van der Waals surface area contributed by atoms with Crippen molar-refractivity contribution in [2.45, 2.75) is 33.1 Å². The second kappa shape index (κ2) is 9.99. The lowest BCUT2D eigenvalue weighted by Crippen LogP contribution is -2.32. The number of halogens is 1. The highest BCUT2D eigenvalue weighted by atomic mass is 35.5. The number of nitrogens with one attached hydrogen (secondary N) is 1. The fourth-order valence-corrected chi connectivity index (χ4v) is 2.66. The molecule has 0 aliphatic carbocycles. The van der Waals surface area contributed by atoms with Crippen LogP contribution in [0.3, 0.4) is 0 Å². The molecule has 0 spiro atoms. The van der Waals surface area contributed by atoms with Gasteiger partial charge in [-0.25, -0.2) is 9.97 Å². The normalized spacial score (nSPS) is 10.5. The zero-order valence-electron chi connectivity index (χ0n) is 14.8. The molecule has 1 aromatic carbocycles. The number of amides is 1. The minimum Gasteiger partial charge on any atom is -0.354 e. The van der Waals surface area contributed by atoms with E-state index in [-0.39, 0.29) is 5.91 Å². The maximum absolute atomic E-state index is 12.5. The summed E-state index contributed by atoms with van der Waals surface area (Å²) >= 11 is 5.88. The topological polar surface area (TPSA) is 58.1 Å². The zero-order valence-corrected chi connectivity index (χ0v) is 15.6. The summed E-state index contributed by atoms with van der Waals surface area (Å²) in [6.07, 6.45) is 5.92. The SMILES string of the molecule is CCCN(CCC)C(=O)c1cnc(NCCc2ccc(Cl)cc2)nc1. The summed E-state index contributed by atoms with van der Waals surface area (Å²) in [4.78, 5) is 22.8. The molecule has 0 atom stereocenters. The zero-order chi connectivity index (χ0) is 18.1. The van der Waals surface area contributed by atoms with E-state index in [1.54, 1.807) is 12.4 Å². The summed E-state index contributed by atoms with van der Waals surface area (Å²) in [7, 11) is 0. The molecule has 1 heterocycles. The average Bonchev–Trinajstić information content (AvgIpc) is 2.63. The van der Waals surface area contributed by atoms with E-state index in [1.807, 2.05) is 29.2 Å². The van der Waals surface area contributed by atoms with Crippen LogP contribution in [0, 0.1) is 0 Å². The molecule has 0 fully saturated rings. The Hall–Kier alpha value is -2.14. The molecule has 0 unspecified atom stereocenters. The van der Waals surface area contributed by atoms with E-state index in [0.717, 1.165) is 37.4 Å². The van der Waals surface area contributed by atoms with Gasteiger partial charge in [-0.15, -0.1) is 0 Å². The first-order chi connectivity index (χ1) is 12.1. The third-order valence-corrected chi connectivity index (χ3v) is 4.04. The van der Waals surface area contributed by atoms with Gasteiger partial charge in [-0.05, 0) is 37.0 Å². The minimum atomic E-state index is -0.00332. The van der Waals surface area contributed by atoms with Crippen LogP contribution in [-0.2, 0) is 6.42 Å². The molecule has 0 saturated heterocycles. The average molecular weight is 361 g/mol. The van der Waals surface area contributed by atoms with E-state index in [2.05, 4.69) is 29.1 Å². The molecule has 1 N–H and O–H groups in total. The van der Waals surface area contributed by atoms with Crippen molar-refractivity contribution in [3.63, 3.8) is 0 Å². The molecular formula is C19H25ClN4O. The van der Waals surface area contributed by atoms with E-state index in [0.29, 0.717) is 18.1 Å². The first-order valence-electron chi connectivity index (χ1n) is 8.73. The number of anilines is 1. The molecule has 0 aliphatic rings. The molecule has 134 valence electrons. The molecule has 2 rings (SSSR count). The molecule has 0 saturated carbocycles. The Morgan fingerprint density at radius 3 is 2.24 bits per heavy atom. The van der Waals surface area contributed by atoms with Crippen molar-refractivity contribution in [1.29, 1.82) is 0 Å². The number of rotatable bonds is 9. The van der Waals surface area contributed by atoms with Gasteiger partial charge in [0.1, 0.15) is 0 Å². The Morgan fingerprint density at radius 2 is 1.68 bits per heavy atom. The van der Waals surface area contributed by atoms with Gasteiger partial charge in [-0.3, -0.25) is 4.79 Å². The van der Waals surface area contributed by atoms with Crippen LogP contribution >= 0.6 is 11.6 Å². The van der Waals surface area contributed by atoms with Crippen molar-refractivity contribution in [1.82, 2.24) is 14.9 Å². The minimum absolute atomic E-state index is 0.00332. The van der Waals surface area contributed by atoms with Gasteiger partial charge in [-0.1, -0.05) is 37.6 Å². The van der Waals surface area contributed by atoms with Crippen LogP contribution in [-0.4, -0.2) is 40.4 Å². The third kappa shape index (κ3) is 6.02. The van der Waals surface area contributed by atoms with Gasteiger partial charge in [0.05, 0.1) is 5.56 Å². The fourth-order valence-electron chi connectivity index (χ4n) is 2.54. The Balaban J connectivity index is 1.88. The monoisotopic (exact) mass is 360 g/mol. The van der Waals surface area contributed by atoms with E-state index >= 15 is 0 Å². The fraction of sp³-hybridized carbons (Fsp3) is 0.421. The van der Waals surface area contributed by atoms with Crippen molar-refractivity contribution in [3.05, 3.63) is 52.8 Å². The highest BCUT2D eigenvalue weighted by Gasteiger charge is 2.15. The summed E-state index contributed by atoms with van der Waals surface area (Å²) in [6.45, 7) is 6.37. The van der Waals surface area contributed by atoms with Crippen LogP contribution in [0.15, 0.2) is 36.7 Å². The van der Waals surface area contributed by atoms with Crippen molar-refractivity contribution in [2.75, 3.05) is 25.0 Å². The van der Waals surface area contributed by atoms with Crippen molar-refractivity contribution < 1.29 is 4.79 Å². The highest BCUT2D eigenvalue weighted by Crippen LogP contribution is 2.10. The second-order valence-electron chi connectivity index (χ2n) is 5.89. The number of aromatic nitrogens is 2. The molecule has 5 nitrogen and oxygen atoms in total. The summed E-state index contributed by atoms with van der Waals surface area (Å²) in [5.41, 5.74) is 1.73. The van der Waals surface area contributed by atoms with Crippen molar-refractivity contribution >= 4 is 23.5 Å². The van der Waals surface area contributed by atoms with Crippen LogP contribution in [0.4, 0.5) is 5.95 Å². The molecule has 25 heavy (non-hydrogen) atoms. The van der Waals surface area contributed by atoms with Gasteiger partial charge in [0.15, 0.2) is 0 Å². The number of carbonyl (C=O) groups is 1. The summed E-state index contributed by atoms with van der Waals surface area (Å²) < 4.78 is 0. The molecule has 0 radical (unpaired) electrons. The maximum Gasteiger partial charge on any atom is 0.256 e. The standard InChI is InChI=1S/C19H25ClN4O/c1-3-11-24(12-4-2)18(25)16-13-22-19(23-14-16)21-10-9-15-5-7-17(20)8-6-15/h5-8,13-14H,3-4,9-12H2,1-2H3,(H,21,22,23). The van der Waals surface area contributed by atoms with Gasteiger partial charge in [0.2, 0.25) is 5.95 Å². The second-order valence-corrected chi connectivity index (χ2v) is 6.33. The molecule has 0 aliphatic heterocycles. The van der Waals surface area contributed by atoms with Crippen molar-refractivity contribution in [2.24, 2.45) is 0 Å². The van der Waals surface area contributed by atoms with Crippen molar-refractivity contribution in [3.8, 4) is 0 Å². The predicted molar refractivity (Wildman–Crippen MR) is 102 cm³/mol. The van der Waals surface area contributed by atoms with Gasteiger partial charge >= 0.3 is 0 Å². The van der Waals surface area contributed by atoms with Gasteiger partial charge in [0.25, 0.3) is 5.91 Å². The number of hydrogen-bond donors (Lipinski definition) is 1. The highest BCUT2D eigenvalue weighted by molar-refractivity contribution is 6.30. The summed E-state index contributed by atoms with van der Waals surface area (Å²) in [5.74, 6) is 0.527. The lowest BCUT2D eigenvalue weighted by Gasteiger charge is -2.21. The van der Waals surface area contributed by atoms with Crippen LogP contribution < -0.4 is 5.32 Å². The number of nitrogens with zero attached hydrogens (tertiary/aromatic N) is 3. The summed E-state index contributed by atoms with van der Waals surface area (Å²) in [5, 5.41) is 3.91. The Bertz CT molecular complexity index is 652.